The lowest BCUT2D eigenvalue weighted by molar-refractivity contribution is -0.384. The summed E-state index contributed by atoms with van der Waals surface area (Å²) in [6.45, 7) is 8.10. The van der Waals surface area contributed by atoms with Gasteiger partial charge in [0.2, 0.25) is 11.7 Å². The Morgan fingerprint density at radius 3 is 2.42 bits per heavy atom. The quantitative estimate of drug-likeness (QED) is 0.0276. The van der Waals surface area contributed by atoms with Gasteiger partial charge < -0.3 is 34.2 Å². The molecule has 3 fully saturated rings. The lowest BCUT2D eigenvalue weighted by Gasteiger charge is -2.60. The van der Waals surface area contributed by atoms with Gasteiger partial charge in [0.05, 0.1) is 23.2 Å². The number of benzene rings is 3. The number of non-ortho nitro benzene ring substituents is 1. The Morgan fingerprint density at radius 2 is 1.72 bits per heavy atom. The molecule has 0 spiro atoms. The zero-order chi connectivity index (χ0) is 46.8. The van der Waals surface area contributed by atoms with Crippen molar-refractivity contribution in [3.8, 4) is 11.5 Å². The van der Waals surface area contributed by atoms with Crippen molar-refractivity contribution < 1.29 is 43.4 Å². The molecule has 2 heterocycles. The van der Waals surface area contributed by atoms with Gasteiger partial charge in [-0.2, -0.15) is 0 Å². The molecule has 3 aliphatic carbocycles. The van der Waals surface area contributed by atoms with E-state index in [2.05, 4.69) is 23.6 Å². The summed E-state index contributed by atoms with van der Waals surface area (Å²) in [6.07, 6.45) is 14.3. The van der Waals surface area contributed by atoms with Crippen LogP contribution in [-0.4, -0.2) is 94.4 Å². The number of ether oxygens (including phenoxy) is 3. The van der Waals surface area contributed by atoms with E-state index in [1.165, 1.54) is 24.3 Å². The summed E-state index contributed by atoms with van der Waals surface area (Å²) in [4.78, 5) is 36.6. The van der Waals surface area contributed by atoms with E-state index in [-0.39, 0.29) is 74.6 Å². The molecular formula is C53H67FN4O9. The highest BCUT2D eigenvalue weighted by Gasteiger charge is 2.65. The Kier molecular flexibility index (Phi) is 16.4. The van der Waals surface area contributed by atoms with Crippen LogP contribution in [0.2, 0.25) is 0 Å². The number of nitro groups is 1. The molecule has 2 aliphatic heterocycles. The number of fused-ring (bicyclic) bond motifs is 2. The summed E-state index contributed by atoms with van der Waals surface area (Å²) in [6, 6.07) is 17.8. The number of nitro benzene ring substituents is 1. The molecule has 2 N–H and O–H groups in total. The molecule has 2 saturated carbocycles. The fourth-order valence-electron chi connectivity index (χ4n) is 11.2. The van der Waals surface area contributed by atoms with Crippen LogP contribution in [0.25, 0.3) is 0 Å². The number of allylic oxidation sites excluding steroid dienone is 1. The minimum absolute atomic E-state index is 0.0223. The Hall–Kier alpha value is -5.15. The van der Waals surface area contributed by atoms with Crippen molar-refractivity contribution in [1.82, 2.24) is 9.80 Å². The van der Waals surface area contributed by atoms with Crippen LogP contribution in [-0.2, 0) is 27.5 Å². The number of unbranched alkanes of at least 4 members (excludes halogenated alkanes) is 2. The number of carbonyl (C=O) groups is 1. The lowest BCUT2D eigenvalue weighted by atomic mass is 9.55. The predicted octanol–water partition coefficient (Wildman–Crippen LogP) is 9.26. The van der Waals surface area contributed by atoms with Crippen LogP contribution in [0.3, 0.4) is 0 Å². The maximum absolute atomic E-state index is 15.2. The molecule has 3 aromatic carbocycles. The predicted molar refractivity (Wildman–Crippen MR) is 253 cm³/mol. The molecule has 8 rings (SSSR count). The van der Waals surface area contributed by atoms with Crippen molar-refractivity contribution in [3.63, 3.8) is 0 Å². The molecule has 13 nitrogen and oxygen atoms in total. The number of aliphatic hydroxyl groups excluding tert-OH is 2. The second-order valence-corrected chi connectivity index (χ2v) is 19.0. The molecule has 1 saturated heterocycles. The van der Waals surface area contributed by atoms with Crippen molar-refractivity contribution >= 4 is 17.3 Å². The SMILES string of the molecule is C=CCOC12Oc3ccc(OCCN4CC4)cc3C3C(CCCCO)C(CCCCO)C=C(C(=NOCc4ccc([N+](=O)[O-])cc4)CC1N(Cc1ccc(F)cc1)C(=O)CCC1CCCC1)C32. The van der Waals surface area contributed by atoms with Crippen LogP contribution in [0.5, 0.6) is 11.5 Å². The third kappa shape index (κ3) is 11.6. The average Bonchev–Trinajstić information content (AvgIpc) is 4.01. The van der Waals surface area contributed by atoms with Gasteiger partial charge >= 0.3 is 0 Å². The molecule has 0 aromatic heterocycles. The van der Waals surface area contributed by atoms with Crippen LogP contribution in [0.4, 0.5) is 10.1 Å². The molecule has 360 valence electrons. The number of carbonyl (C=O) groups excluding carboxylic acids is 1. The van der Waals surface area contributed by atoms with E-state index in [1.54, 1.807) is 30.3 Å². The summed E-state index contributed by atoms with van der Waals surface area (Å²) in [5, 5.41) is 36.4. The van der Waals surface area contributed by atoms with Gasteiger partial charge in [-0.15, -0.1) is 6.58 Å². The van der Waals surface area contributed by atoms with Crippen molar-refractivity contribution in [2.45, 2.75) is 114 Å². The molecular weight excluding hydrogens is 856 g/mol. The fraction of sp³-hybridized carbons (Fsp3) is 0.547. The molecule has 5 aliphatic rings. The Morgan fingerprint density at radius 1 is 0.985 bits per heavy atom. The number of amides is 1. The monoisotopic (exact) mass is 922 g/mol. The van der Waals surface area contributed by atoms with E-state index in [0.717, 1.165) is 99.9 Å². The molecule has 0 radical (unpaired) electrons. The summed E-state index contributed by atoms with van der Waals surface area (Å²) in [5.74, 6) is -0.704. The number of nitrogens with zero attached hydrogens (tertiary/aromatic N) is 4. The van der Waals surface area contributed by atoms with Crippen molar-refractivity contribution in [2.75, 3.05) is 46.1 Å². The van der Waals surface area contributed by atoms with Gasteiger partial charge in [0.15, 0.2) is 0 Å². The normalized spacial score (nSPS) is 24.9. The molecule has 1 amide bonds. The molecule has 6 atom stereocenters. The van der Waals surface area contributed by atoms with E-state index in [9.17, 15) is 24.7 Å². The van der Waals surface area contributed by atoms with Crippen LogP contribution >= 0.6 is 0 Å². The summed E-state index contributed by atoms with van der Waals surface area (Å²) >= 11 is 0. The first-order valence-electron chi connectivity index (χ1n) is 24.5. The maximum atomic E-state index is 15.2. The van der Waals surface area contributed by atoms with Gasteiger partial charge in [0.1, 0.15) is 36.6 Å². The number of halogens is 1. The standard InChI is InChI=1S/C53H67FN4O9/c1-2-30-65-53-49(57(35-38-13-18-41(54)19-14-38)50(61)24-17-37-9-3-4-10-37)34-47(55-66-36-39-15-20-42(21-16-39)58(62)63)45-32-40(11-5-7-28-59)44(12-6-8-29-60)51(52(45)53)46-33-43(22-23-48(46)67-53)64-31-27-56-25-26-56/h2,13-16,18-23,32-33,37,40,44,49,51-52,59-60H,1,3-12,17,24-31,34-36H2. The number of aliphatic hydroxyl groups is 2. The zero-order valence-electron chi connectivity index (χ0n) is 38.7. The maximum Gasteiger partial charge on any atom is 0.269 e. The fourth-order valence-corrected chi connectivity index (χ4v) is 11.2. The van der Waals surface area contributed by atoms with Gasteiger partial charge in [-0.05, 0) is 109 Å². The van der Waals surface area contributed by atoms with Crippen molar-refractivity contribution in [2.24, 2.45) is 28.8 Å². The third-order valence-corrected chi connectivity index (χ3v) is 14.6. The van der Waals surface area contributed by atoms with E-state index >= 15 is 4.79 Å². The number of rotatable bonds is 25. The zero-order valence-corrected chi connectivity index (χ0v) is 38.7. The Labute approximate surface area is 393 Å². The first-order valence-corrected chi connectivity index (χ1v) is 24.5. The van der Waals surface area contributed by atoms with Gasteiger partial charge in [-0.25, -0.2) is 4.39 Å². The topological polar surface area (TPSA) is 156 Å². The molecule has 14 heteroatoms. The minimum atomic E-state index is -1.45. The van der Waals surface area contributed by atoms with Crippen molar-refractivity contribution in [1.29, 1.82) is 0 Å². The summed E-state index contributed by atoms with van der Waals surface area (Å²) < 4.78 is 35.5. The third-order valence-electron chi connectivity index (χ3n) is 14.6. The van der Waals surface area contributed by atoms with Gasteiger partial charge in [-0.1, -0.05) is 68.0 Å². The molecule has 3 aromatic rings. The van der Waals surface area contributed by atoms with E-state index < -0.39 is 22.7 Å². The van der Waals surface area contributed by atoms with Crippen LogP contribution < -0.4 is 9.47 Å². The minimum Gasteiger partial charge on any atom is -0.492 e. The van der Waals surface area contributed by atoms with Crippen LogP contribution in [0, 0.1) is 39.6 Å². The second kappa shape index (κ2) is 22.8. The highest BCUT2D eigenvalue weighted by molar-refractivity contribution is 6.03. The largest absolute Gasteiger partial charge is 0.492 e. The molecule has 67 heavy (non-hydrogen) atoms. The number of hydrogen-bond acceptors (Lipinski definition) is 11. The van der Waals surface area contributed by atoms with Gasteiger partial charge in [0, 0.05) is 75.8 Å². The van der Waals surface area contributed by atoms with Crippen molar-refractivity contribution in [3.05, 3.63) is 124 Å². The first-order chi connectivity index (χ1) is 32.7. The summed E-state index contributed by atoms with van der Waals surface area (Å²) in [7, 11) is 0. The van der Waals surface area contributed by atoms with E-state index in [0.29, 0.717) is 48.8 Å². The van der Waals surface area contributed by atoms with Crippen LogP contribution in [0.15, 0.2) is 96.2 Å². The number of hydrogen-bond donors (Lipinski definition) is 2. The summed E-state index contributed by atoms with van der Waals surface area (Å²) in [5.41, 5.74) is 3.96. The molecule has 0 bridgehead atoms. The van der Waals surface area contributed by atoms with Crippen LogP contribution in [0.1, 0.15) is 106 Å². The molecule has 6 unspecified atom stereocenters. The highest BCUT2D eigenvalue weighted by Crippen LogP contribution is 2.62. The number of oxime groups is 1. The lowest BCUT2D eigenvalue weighted by Crippen LogP contribution is -2.70. The first kappa shape index (κ1) is 48.3. The highest BCUT2D eigenvalue weighted by atomic mass is 19.1. The van der Waals surface area contributed by atoms with E-state index in [4.69, 9.17) is 24.2 Å². The second-order valence-electron chi connectivity index (χ2n) is 19.0. The van der Waals surface area contributed by atoms with Gasteiger partial charge in [0.25, 0.3) is 5.69 Å². The Bertz CT molecular complexity index is 2210. The smallest absolute Gasteiger partial charge is 0.269 e. The van der Waals surface area contributed by atoms with E-state index in [1.807, 2.05) is 17.0 Å². The average molecular weight is 923 g/mol. The van der Waals surface area contributed by atoms with Gasteiger partial charge in [-0.3, -0.25) is 19.8 Å². The Balaban J connectivity index is 1.29.